The zero-order valence-corrected chi connectivity index (χ0v) is 21.9. The van der Waals surface area contributed by atoms with E-state index in [9.17, 15) is 9.59 Å². The van der Waals surface area contributed by atoms with E-state index in [1.165, 1.54) is 12.6 Å². The molecule has 0 saturated carbocycles. The van der Waals surface area contributed by atoms with Gasteiger partial charge in [-0.3, -0.25) is 4.79 Å². The fourth-order valence-electron chi connectivity index (χ4n) is 5.37. The summed E-state index contributed by atoms with van der Waals surface area (Å²) < 4.78 is 7.73. The predicted molar refractivity (Wildman–Crippen MR) is 146 cm³/mol. The summed E-state index contributed by atoms with van der Waals surface area (Å²) in [5.74, 6) is -0.418. The van der Waals surface area contributed by atoms with Crippen LogP contribution in [0.3, 0.4) is 0 Å². The van der Waals surface area contributed by atoms with Crippen molar-refractivity contribution >= 4 is 39.3 Å². The smallest absolute Gasteiger partial charge is 0.331 e. The van der Waals surface area contributed by atoms with E-state index in [-0.39, 0.29) is 17.6 Å². The highest BCUT2D eigenvalue weighted by atomic mass is 16.7. The van der Waals surface area contributed by atoms with Crippen LogP contribution >= 0.6 is 0 Å². The Morgan fingerprint density at radius 2 is 1.68 bits per heavy atom. The molecule has 2 heterocycles. The Morgan fingerprint density at radius 1 is 1.03 bits per heavy atom. The maximum Gasteiger partial charge on any atom is 0.331 e. The number of aromatic nitrogens is 1. The number of nitrogens with zero attached hydrogens (tertiary/aromatic N) is 3. The van der Waals surface area contributed by atoms with Crippen molar-refractivity contribution in [1.29, 1.82) is 0 Å². The first-order chi connectivity index (χ1) is 17.9. The fourth-order valence-corrected chi connectivity index (χ4v) is 5.37. The average Bonchev–Trinajstić information content (AvgIpc) is 3.23. The van der Waals surface area contributed by atoms with Crippen LogP contribution in [0, 0.1) is 11.8 Å². The van der Waals surface area contributed by atoms with Gasteiger partial charge in [-0.25, -0.2) is 4.79 Å². The average molecular weight is 500 g/mol. The number of rotatable bonds is 6. The molecule has 7 nitrogen and oxygen atoms in total. The number of Topliss-reactive ketones (excluding diaryl/α,β-unsaturated/α-hetero) is 1. The van der Waals surface area contributed by atoms with Crippen LogP contribution in [-0.2, 0) is 20.9 Å². The van der Waals surface area contributed by atoms with Crippen LogP contribution < -0.4 is 0 Å². The number of benzene rings is 2. The van der Waals surface area contributed by atoms with Crippen LogP contribution in [0.4, 0.5) is 0 Å². The Bertz CT molecular complexity index is 1460. The van der Waals surface area contributed by atoms with Crippen LogP contribution in [0.15, 0.2) is 65.5 Å². The maximum absolute atomic E-state index is 13.7. The topological polar surface area (TPSA) is 73.1 Å². The van der Waals surface area contributed by atoms with E-state index in [2.05, 4.69) is 64.9 Å². The summed E-state index contributed by atoms with van der Waals surface area (Å²) in [4.78, 5) is 32.0. The Balaban J connectivity index is 1.48. The first-order valence-corrected chi connectivity index (χ1v) is 12.9. The molecule has 0 radical (unpaired) electrons. The molecule has 0 N–H and O–H groups in total. The van der Waals surface area contributed by atoms with E-state index in [0.29, 0.717) is 11.3 Å². The van der Waals surface area contributed by atoms with Crippen molar-refractivity contribution in [2.45, 2.75) is 34.2 Å². The highest BCUT2D eigenvalue weighted by molar-refractivity contribution is 6.13. The van der Waals surface area contributed by atoms with Gasteiger partial charge in [0, 0.05) is 65.5 Å². The standard InChI is InChI=1S/C30H33N3O4/c1-5-33-28-10-6-22(20(3)31-37-21(4)34)17-26(28)27-18-23(7-11-29(27)33)30(35)25-9-8-24(16-19(25)2)32-12-14-36-15-13-32/h6-11,16-19,25H,5,12-15H2,1-4H3/b31-20+. The Morgan fingerprint density at radius 3 is 2.30 bits per heavy atom. The third-order valence-electron chi connectivity index (χ3n) is 7.35. The van der Waals surface area contributed by atoms with E-state index in [4.69, 9.17) is 9.57 Å². The Labute approximate surface area is 217 Å². The molecular weight excluding hydrogens is 466 g/mol. The van der Waals surface area contributed by atoms with Crippen molar-refractivity contribution in [3.05, 3.63) is 71.5 Å². The Hall–Kier alpha value is -3.71. The lowest BCUT2D eigenvalue weighted by molar-refractivity contribution is -0.140. The van der Waals surface area contributed by atoms with E-state index in [1.54, 1.807) is 0 Å². The maximum atomic E-state index is 13.7. The number of aryl methyl sites for hydroxylation is 1. The van der Waals surface area contributed by atoms with E-state index < -0.39 is 5.97 Å². The SMILES string of the molecule is CCn1c2ccc(C(=O)C3C=CC(N4CCOCC4)=CC3C)cc2c2cc(/C(C)=N/OC(C)=O)ccc21. The molecule has 1 fully saturated rings. The number of ether oxygens (including phenoxy) is 1. The molecule has 2 aromatic carbocycles. The summed E-state index contributed by atoms with van der Waals surface area (Å²) in [7, 11) is 0. The zero-order valence-electron chi connectivity index (χ0n) is 21.9. The number of hydrogen-bond donors (Lipinski definition) is 0. The van der Waals surface area contributed by atoms with Gasteiger partial charge < -0.3 is 19.0 Å². The van der Waals surface area contributed by atoms with Gasteiger partial charge in [-0.05, 0) is 61.7 Å². The first kappa shape index (κ1) is 25.0. The third-order valence-corrected chi connectivity index (χ3v) is 7.35. The van der Waals surface area contributed by atoms with Crippen LogP contribution in [-0.4, -0.2) is 53.2 Å². The minimum atomic E-state index is -0.455. The van der Waals surface area contributed by atoms with Crippen molar-refractivity contribution in [3.8, 4) is 0 Å². The fraction of sp³-hybridized carbons (Fsp3) is 0.367. The molecule has 37 heavy (non-hydrogen) atoms. The van der Waals surface area contributed by atoms with Crippen LogP contribution in [0.5, 0.6) is 0 Å². The number of carbonyl (C=O) groups is 2. The molecule has 5 rings (SSSR count). The quantitative estimate of drug-likeness (QED) is 0.199. The zero-order chi connectivity index (χ0) is 26.1. The van der Waals surface area contributed by atoms with Crippen LogP contribution in [0.2, 0.25) is 0 Å². The molecule has 2 unspecified atom stereocenters. The molecule has 1 aliphatic carbocycles. The number of hydrogen-bond acceptors (Lipinski definition) is 6. The summed E-state index contributed by atoms with van der Waals surface area (Å²) in [6.45, 7) is 11.4. The van der Waals surface area contributed by atoms with Crippen LogP contribution in [0.1, 0.15) is 43.6 Å². The predicted octanol–water partition coefficient (Wildman–Crippen LogP) is 5.32. The molecule has 7 heteroatoms. The lowest BCUT2D eigenvalue weighted by atomic mass is 9.82. The minimum absolute atomic E-state index is 0.106. The second-order valence-electron chi connectivity index (χ2n) is 9.77. The van der Waals surface area contributed by atoms with Crippen molar-refractivity contribution < 1.29 is 19.2 Å². The number of ketones is 1. The molecule has 2 atom stereocenters. The number of fused-ring (bicyclic) bond motifs is 3. The van der Waals surface area contributed by atoms with Crippen molar-refractivity contribution in [2.75, 3.05) is 26.3 Å². The van der Waals surface area contributed by atoms with Crippen LogP contribution in [0.25, 0.3) is 21.8 Å². The third kappa shape index (κ3) is 4.83. The summed E-state index contributed by atoms with van der Waals surface area (Å²) >= 11 is 0. The largest absolute Gasteiger partial charge is 0.378 e. The summed E-state index contributed by atoms with van der Waals surface area (Å²) in [5.41, 5.74) is 5.55. The van der Waals surface area contributed by atoms with Crippen molar-refractivity contribution in [1.82, 2.24) is 9.47 Å². The molecular formula is C30H33N3O4. The summed E-state index contributed by atoms with van der Waals surface area (Å²) in [5, 5.41) is 6.02. The molecule has 0 spiro atoms. The molecule has 1 aliphatic heterocycles. The van der Waals surface area contributed by atoms with Gasteiger partial charge in [0.1, 0.15) is 0 Å². The highest BCUT2D eigenvalue weighted by Crippen LogP contribution is 2.33. The molecule has 2 aliphatic rings. The summed E-state index contributed by atoms with van der Waals surface area (Å²) in [6.07, 6.45) is 6.37. The second kappa shape index (κ2) is 10.3. The highest BCUT2D eigenvalue weighted by Gasteiger charge is 2.27. The van der Waals surface area contributed by atoms with E-state index in [0.717, 1.165) is 60.2 Å². The van der Waals surface area contributed by atoms with E-state index in [1.807, 2.05) is 25.1 Å². The normalized spacial score (nSPS) is 20.4. The first-order valence-electron chi connectivity index (χ1n) is 12.9. The Kier molecular flexibility index (Phi) is 6.98. The molecule has 1 aromatic heterocycles. The van der Waals surface area contributed by atoms with Gasteiger partial charge in [-0.2, -0.15) is 0 Å². The van der Waals surface area contributed by atoms with E-state index >= 15 is 0 Å². The van der Waals surface area contributed by atoms with Gasteiger partial charge in [0.05, 0.1) is 18.9 Å². The van der Waals surface area contributed by atoms with Gasteiger partial charge in [0.2, 0.25) is 0 Å². The van der Waals surface area contributed by atoms with Gasteiger partial charge >= 0.3 is 5.97 Å². The van der Waals surface area contributed by atoms with Gasteiger partial charge in [0.25, 0.3) is 0 Å². The molecule has 1 saturated heterocycles. The number of morpholine rings is 1. The molecule has 192 valence electrons. The molecule has 0 amide bonds. The van der Waals surface area contributed by atoms with Crippen molar-refractivity contribution in [3.63, 3.8) is 0 Å². The lowest BCUT2D eigenvalue weighted by Gasteiger charge is -2.33. The monoisotopic (exact) mass is 499 g/mol. The summed E-state index contributed by atoms with van der Waals surface area (Å²) in [6, 6.07) is 12.1. The number of oxime groups is 1. The van der Waals surface area contributed by atoms with Gasteiger partial charge in [0.15, 0.2) is 5.78 Å². The molecule has 0 bridgehead atoms. The van der Waals surface area contributed by atoms with Gasteiger partial charge in [-0.1, -0.05) is 30.3 Å². The number of carbonyl (C=O) groups excluding carboxylic acids is 2. The number of allylic oxidation sites excluding steroid dienone is 3. The lowest BCUT2D eigenvalue weighted by Crippen LogP contribution is -2.36. The second-order valence-corrected chi connectivity index (χ2v) is 9.77. The van der Waals surface area contributed by atoms with Gasteiger partial charge in [-0.15, -0.1) is 0 Å². The van der Waals surface area contributed by atoms with Crippen molar-refractivity contribution in [2.24, 2.45) is 17.0 Å². The minimum Gasteiger partial charge on any atom is -0.378 e. The molecule has 3 aromatic rings.